The van der Waals surface area contributed by atoms with E-state index < -0.39 is 0 Å². The van der Waals surface area contributed by atoms with Gasteiger partial charge in [-0.25, -0.2) is 0 Å². The Hall–Kier alpha value is 0. The molecule has 0 N–H and O–H groups in total. The predicted molar refractivity (Wildman–Crippen MR) is 78.4 cm³/mol. The molecule has 0 amide bonds. The Morgan fingerprint density at radius 1 is 0.588 bits per heavy atom. The lowest BCUT2D eigenvalue weighted by Gasteiger charge is -2.14. The molecule has 0 spiro atoms. The Morgan fingerprint density at radius 3 is 1.53 bits per heavy atom. The molecule has 0 heterocycles. The maximum absolute atomic E-state index is 2.32. The molecule has 102 valence electrons. The van der Waals surface area contributed by atoms with Crippen LogP contribution < -0.4 is 0 Å². The highest BCUT2D eigenvalue weighted by Gasteiger charge is 2.40. The molecular formula is C17H34. The van der Waals surface area contributed by atoms with Crippen LogP contribution in [0.2, 0.25) is 0 Å². The van der Waals surface area contributed by atoms with E-state index in [1.807, 2.05) is 0 Å². The summed E-state index contributed by atoms with van der Waals surface area (Å²) in [5, 5.41) is 0. The molecule has 0 radical (unpaired) electrons. The van der Waals surface area contributed by atoms with E-state index in [4.69, 9.17) is 0 Å². The second kappa shape index (κ2) is 9.00. The van der Waals surface area contributed by atoms with Gasteiger partial charge in [-0.2, -0.15) is 0 Å². The van der Waals surface area contributed by atoms with Crippen molar-refractivity contribution >= 4 is 0 Å². The molecule has 0 unspecified atom stereocenters. The number of rotatable bonds is 12. The van der Waals surface area contributed by atoms with Gasteiger partial charge in [0.1, 0.15) is 0 Å². The molecule has 0 aromatic carbocycles. The van der Waals surface area contributed by atoms with E-state index in [1.165, 1.54) is 70.6 Å². The first kappa shape index (κ1) is 15.1. The fourth-order valence-electron chi connectivity index (χ4n) is 3.01. The van der Waals surface area contributed by atoms with Crippen LogP contribution in [0.4, 0.5) is 0 Å². The molecule has 1 fully saturated rings. The molecule has 1 aliphatic carbocycles. The Morgan fingerprint density at radius 2 is 1.00 bits per heavy atom. The zero-order valence-corrected chi connectivity index (χ0v) is 12.4. The maximum atomic E-state index is 2.32. The monoisotopic (exact) mass is 238 g/mol. The van der Waals surface area contributed by atoms with Gasteiger partial charge in [-0.3, -0.25) is 0 Å². The SMILES string of the molecule is CCCCCCCCCC1(CCCCC)CC1. The summed E-state index contributed by atoms with van der Waals surface area (Å²) in [6.45, 7) is 4.61. The van der Waals surface area contributed by atoms with Gasteiger partial charge in [-0.15, -0.1) is 0 Å². The third-order valence-corrected chi connectivity index (χ3v) is 4.58. The predicted octanol–water partition coefficient (Wildman–Crippen LogP) is 6.49. The largest absolute Gasteiger partial charge is 0.0654 e. The van der Waals surface area contributed by atoms with Crippen molar-refractivity contribution in [3.05, 3.63) is 0 Å². The first-order valence-electron chi connectivity index (χ1n) is 8.33. The summed E-state index contributed by atoms with van der Waals surface area (Å²) in [6, 6.07) is 0. The Labute approximate surface area is 110 Å². The van der Waals surface area contributed by atoms with Gasteiger partial charge in [0.2, 0.25) is 0 Å². The van der Waals surface area contributed by atoms with Crippen molar-refractivity contribution in [3.63, 3.8) is 0 Å². The first-order valence-corrected chi connectivity index (χ1v) is 8.33. The lowest BCUT2D eigenvalue weighted by atomic mass is 9.92. The molecule has 0 nitrogen and oxygen atoms in total. The van der Waals surface area contributed by atoms with Crippen molar-refractivity contribution in [1.29, 1.82) is 0 Å². The van der Waals surface area contributed by atoms with Crippen LogP contribution in [0.3, 0.4) is 0 Å². The third-order valence-electron chi connectivity index (χ3n) is 4.58. The van der Waals surface area contributed by atoms with Crippen LogP contribution in [0.1, 0.15) is 104 Å². The van der Waals surface area contributed by atoms with Crippen molar-refractivity contribution in [2.45, 2.75) is 104 Å². The highest BCUT2D eigenvalue weighted by Crippen LogP contribution is 2.53. The van der Waals surface area contributed by atoms with Gasteiger partial charge < -0.3 is 0 Å². The molecule has 0 aromatic heterocycles. The van der Waals surface area contributed by atoms with Crippen LogP contribution in [0, 0.1) is 5.41 Å². The molecule has 0 aliphatic heterocycles. The van der Waals surface area contributed by atoms with Crippen LogP contribution in [0.25, 0.3) is 0 Å². The average Bonchev–Trinajstić information content (AvgIpc) is 3.09. The van der Waals surface area contributed by atoms with Crippen molar-refractivity contribution < 1.29 is 0 Å². The van der Waals surface area contributed by atoms with E-state index in [9.17, 15) is 0 Å². The van der Waals surface area contributed by atoms with Crippen LogP contribution in [-0.2, 0) is 0 Å². The summed E-state index contributed by atoms with van der Waals surface area (Å²) in [5.74, 6) is 0. The number of hydrogen-bond acceptors (Lipinski definition) is 0. The van der Waals surface area contributed by atoms with Gasteiger partial charge in [0.15, 0.2) is 0 Å². The zero-order chi connectivity index (χ0) is 12.4. The van der Waals surface area contributed by atoms with E-state index in [2.05, 4.69) is 13.8 Å². The zero-order valence-electron chi connectivity index (χ0n) is 12.4. The minimum Gasteiger partial charge on any atom is -0.0654 e. The van der Waals surface area contributed by atoms with Crippen LogP contribution in [-0.4, -0.2) is 0 Å². The standard InChI is InChI=1S/C17H34/c1-3-5-7-8-9-10-12-14-17(15-16-17)13-11-6-4-2/h3-16H2,1-2H3. The van der Waals surface area contributed by atoms with Gasteiger partial charge in [-0.1, -0.05) is 78.1 Å². The van der Waals surface area contributed by atoms with Crippen LogP contribution in [0.15, 0.2) is 0 Å². The normalized spacial score (nSPS) is 17.3. The molecule has 0 bridgehead atoms. The van der Waals surface area contributed by atoms with E-state index in [1.54, 1.807) is 19.3 Å². The van der Waals surface area contributed by atoms with E-state index in [0.29, 0.717) is 0 Å². The van der Waals surface area contributed by atoms with Crippen molar-refractivity contribution in [1.82, 2.24) is 0 Å². The molecule has 0 atom stereocenters. The highest BCUT2D eigenvalue weighted by molar-refractivity contribution is 4.92. The van der Waals surface area contributed by atoms with E-state index in [0.717, 1.165) is 5.41 Å². The first-order chi connectivity index (χ1) is 8.33. The van der Waals surface area contributed by atoms with Gasteiger partial charge in [0.25, 0.3) is 0 Å². The topological polar surface area (TPSA) is 0 Å². The fraction of sp³-hybridized carbons (Fsp3) is 1.00. The molecule has 1 saturated carbocycles. The van der Waals surface area contributed by atoms with Gasteiger partial charge >= 0.3 is 0 Å². The molecule has 0 heteroatoms. The molecule has 1 aliphatic rings. The summed E-state index contributed by atoms with van der Waals surface area (Å²) >= 11 is 0. The fourth-order valence-corrected chi connectivity index (χ4v) is 3.01. The summed E-state index contributed by atoms with van der Waals surface area (Å²) in [5.41, 5.74) is 0.846. The molecule has 0 saturated heterocycles. The molecular weight excluding hydrogens is 204 g/mol. The smallest absolute Gasteiger partial charge is 0.0297 e. The highest BCUT2D eigenvalue weighted by atomic mass is 14.5. The van der Waals surface area contributed by atoms with Crippen molar-refractivity contribution in [2.75, 3.05) is 0 Å². The maximum Gasteiger partial charge on any atom is -0.0297 e. The average molecular weight is 238 g/mol. The Balaban J connectivity index is 1.88. The van der Waals surface area contributed by atoms with Crippen molar-refractivity contribution in [3.8, 4) is 0 Å². The lowest BCUT2D eigenvalue weighted by Crippen LogP contribution is -2.00. The van der Waals surface area contributed by atoms with E-state index >= 15 is 0 Å². The Bertz CT molecular complexity index is 167. The molecule has 1 rings (SSSR count). The lowest BCUT2D eigenvalue weighted by molar-refractivity contribution is 0.386. The number of unbranched alkanes of at least 4 members (excludes halogenated alkanes) is 8. The molecule has 17 heavy (non-hydrogen) atoms. The van der Waals surface area contributed by atoms with Gasteiger partial charge in [0, 0.05) is 0 Å². The van der Waals surface area contributed by atoms with E-state index in [-0.39, 0.29) is 0 Å². The third kappa shape index (κ3) is 7.11. The summed E-state index contributed by atoms with van der Waals surface area (Å²) < 4.78 is 0. The Kier molecular flexibility index (Phi) is 7.97. The summed E-state index contributed by atoms with van der Waals surface area (Å²) in [4.78, 5) is 0. The van der Waals surface area contributed by atoms with Crippen LogP contribution in [0.5, 0.6) is 0 Å². The van der Waals surface area contributed by atoms with Gasteiger partial charge in [0.05, 0.1) is 0 Å². The van der Waals surface area contributed by atoms with Crippen LogP contribution >= 0.6 is 0 Å². The second-order valence-electron chi connectivity index (χ2n) is 6.33. The molecule has 0 aromatic rings. The van der Waals surface area contributed by atoms with Gasteiger partial charge in [-0.05, 0) is 31.1 Å². The summed E-state index contributed by atoms with van der Waals surface area (Å²) in [6.07, 6.45) is 20.8. The summed E-state index contributed by atoms with van der Waals surface area (Å²) in [7, 11) is 0. The second-order valence-corrected chi connectivity index (χ2v) is 6.33. The number of hydrogen-bond donors (Lipinski definition) is 0. The quantitative estimate of drug-likeness (QED) is 0.341. The minimum atomic E-state index is 0.846. The minimum absolute atomic E-state index is 0.846. The van der Waals surface area contributed by atoms with Crippen molar-refractivity contribution in [2.24, 2.45) is 5.41 Å².